The molecule has 0 atom stereocenters. The SMILES string of the molecule is COc1ccc(OC)c(C(=O)COC(=O)c2ccc(N(C)C)cc2)c1. The summed E-state index contributed by atoms with van der Waals surface area (Å²) in [5.74, 6) is 0.00136. The molecule has 0 aliphatic rings. The van der Waals surface area contributed by atoms with Crippen molar-refractivity contribution in [2.75, 3.05) is 39.8 Å². The second-order valence-electron chi connectivity index (χ2n) is 5.51. The number of anilines is 1. The third-order valence-corrected chi connectivity index (χ3v) is 3.66. The molecule has 0 aromatic heterocycles. The molecule has 0 saturated carbocycles. The van der Waals surface area contributed by atoms with Crippen LogP contribution in [-0.2, 0) is 4.74 Å². The Morgan fingerprint density at radius 3 is 2.20 bits per heavy atom. The molecule has 0 bridgehead atoms. The maximum atomic E-state index is 12.4. The summed E-state index contributed by atoms with van der Waals surface area (Å²) >= 11 is 0. The molecule has 25 heavy (non-hydrogen) atoms. The number of Topliss-reactive ketones (excluding diaryl/α,β-unsaturated/α-hetero) is 1. The molecule has 0 aliphatic heterocycles. The smallest absolute Gasteiger partial charge is 0.338 e. The highest BCUT2D eigenvalue weighted by Crippen LogP contribution is 2.24. The van der Waals surface area contributed by atoms with Crippen molar-refractivity contribution in [2.24, 2.45) is 0 Å². The van der Waals surface area contributed by atoms with Crippen molar-refractivity contribution in [3.05, 3.63) is 53.6 Å². The van der Waals surface area contributed by atoms with Gasteiger partial charge in [-0.3, -0.25) is 4.79 Å². The fourth-order valence-corrected chi connectivity index (χ4v) is 2.22. The molecule has 0 aliphatic carbocycles. The van der Waals surface area contributed by atoms with Crippen molar-refractivity contribution < 1.29 is 23.8 Å². The zero-order valence-electron chi connectivity index (χ0n) is 14.7. The van der Waals surface area contributed by atoms with Crippen molar-refractivity contribution in [3.63, 3.8) is 0 Å². The molecule has 6 nitrogen and oxygen atoms in total. The van der Waals surface area contributed by atoms with Crippen LogP contribution in [0.1, 0.15) is 20.7 Å². The maximum absolute atomic E-state index is 12.4. The number of ether oxygens (including phenoxy) is 3. The van der Waals surface area contributed by atoms with Gasteiger partial charge in [-0.05, 0) is 42.5 Å². The summed E-state index contributed by atoms with van der Waals surface area (Å²) in [5.41, 5.74) is 1.65. The highest BCUT2D eigenvalue weighted by atomic mass is 16.5. The first-order valence-electron chi connectivity index (χ1n) is 7.66. The van der Waals surface area contributed by atoms with Crippen LogP contribution in [0.25, 0.3) is 0 Å². The molecule has 0 N–H and O–H groups in total. The average molecular weight is 343 g/mol. The summed E-state index contributed by atoms with van der Waals surface area (Å²) in [6.45, 7) is -0.377. The summed E-state index contributed by atoms with van der Waals surface area (Å²) in [6.07, 6.45) is 0. The first-order valence-corrected chi connectivity index (χ1v) is 7.66. The van der Waals surface area contributed by atoms with Gasteiger partial charge in [-0.1, -0.05) is 0 Å². The Kier molecular flexibility index (Phi) is 6.00. The molecule has 0 heterocycles. The molecule has 6 heteroatoms. The monoisotopic (exact) mass is 343 g/mol. The van der Waals surface area contributed by atoms with Gasteiger partial charge in [-0.15, -0.1) is 0 Å². The second-order valence-corrected chi connectivity index (χ2v) is 5.51. The summed E-state index contributed by atoms with van der Waals surface area (Å²) in [4.78, 5) is 26.4. The van der Waals surface area contributed by atoms with Gasteiger partial charge in [-0.25, -0.2) is 4.79 Å². The summed E-state index contributed by atoms with van der Waals surface area (Å²) < 4.78 is 15.4. The molecule has 0 spiro atoms. The van der Waals surface area contributed by atoms with Crippen molar-refractivity contribution in [1.29, 1.82) is 0 Å². The van der Waals surface area contributed by atoms with Crippen LogP contribution in [0.3, 0.4) is 0 Å². The quantitative estimate of drug-likeness (QED) is 0.569. The zero-order chi connectivity index (χ0) is 18.4. The normalized spacial score (nSPS) is 10.1. The first kappa shape index (κ1) is 18.3. The fourth-order valence-electron chi connectivity index (χ4n) is 2.22. The van der Waals surface area contributed by atoms with E-state index in [9.17, 15) is 9.59 Å². The third-order valence-electron chi connectivity index (χ3n) is 3.66. The Morgan fingerprint density at radius 2 is 1.64 bits per heavy atom. The highest BCUT2D eigenvalue weighted by molar-refractivity contribution is 6.01. The van der Waals surface area contributed by atoms with E-state index in [1.54, 1.807) is 30.3 Å². The lowest BCUT2D eigenvalue weighted by Crippen LogP contribution is -2.15. The van der Waals surface area contributed by atoms with Gasteiger partial charge in [0.25, 0.3) is 0 Å². The first-order chi connectivity index (χ1) is 12.0. The van der Waals surface area contributed by atoms with E-state index in [1.807, 2.05) is 31.1 Å². The van der Waals surface area contributed by atoms with E-state index in [2.05, 4.69) is 0 Å². The van der Waals surface area contributed by atoms with Crippen molar-refractivity contribution >= 4 is 17.4 Å². The molecular formula is C19H21NO5. The van der Waals surface area contributed by atoms with Crippen LogP contribution in [0.4, 0.5) is 5.69 Å². The number of methoxy groups -OCH3 is 2. The van der Waals surface area contributed by atoms with Crippen LogP contribution in [-0.4, -0.2) is 46.7 Å². The Balaban J connectivity index is 2.05. The lowest BCUT2D eigenvalue weighted by molar-refractivity contribution is 0.0474. The van der Waals surface area contributed by atoms with Crippen LogP contribution in [0.15, 0.2) is 42.5 Å². The Labute approximate surface area is 146 Å². The average Bonchev–Trinajstić information content (AvgIpc) is 2.65. The topological polar surface area (TPSA) is 65.1 Å². The van der Waals surface area contributed by atoms with Gasteiger partial charge in [0, 0.05) is 19.8 Å². The van der Waals surface area contributed by atoms with E-state index >= 15 is 0 Å². The Hall–Kier alpha value is -3.02. The lowest BCUT2D eigenvalue weighted by atomic mass is 10.1. The molecule has 0 unspecified atom stereocenters. The lowest BCUT2D eigenvalue weighted by Gasteiger charge is -2.12. The molecule has 2 aromatic carbocycles. The minimum Gasteiger partial charge on any atom is -0.497 e. The molecule has 132 valence electrons. The van der Waals surface area contributed by atoms with Crippen molar-refractivity contribution in [1.82, 2.24) is 0 Å². The molecule has 2 aromatic rings. The predicted octanol–water partition coefficient (Wildman–Crippen LogP) is 2.81. The number of benzene rings is 2. The van der Waals surface area contributed by atoms with E-state index < -0.39 is 5.97 Å². The van der Waals surface area contributed by atoms with Crippen LogP contribution in [0.2, 0.25) is 0 Å². The summed E-state index contributed by atoms with van der Waals surface area (Å²) in [6, 6.07) is 11.8. The molecule has 0 fully saturated rings. The van der Waals surface area contributed by atoms with E-state index in [0.717, 1.165) is 5.69 Å². The number of hydrogen-bond donors (Lipinski definition) is 0. The minimum atomic E-state index is -0.555. The molecule has 0 amide bonds. The minimum absolute atomic E-state index is 0.303. The predicted molar refractivity (Wildman–Crippen MR) is 94.9 cm³/mol. The third kappa shape index (κ3) is 4.50. The van der Waals surface area contributed by atoms with Gasteiger partial charge >= 0.3 is 5.97 Å². The maximum Gasteiger partial charge on any atom is 0.338 e. The number of nitrogens with zero attached hydrogens (tertiary/aromatic N) is 1. The van der Waals surface area contributed by atoms with Gasteiger partial charge in [0.1, 0.15) is 11.5 Å². The number of esters is 1. The zero-order valence-corrected chi connectivity index (χ0v) is 14.7. The van der Waals surface area contributed by atoms with Gasteiger partial charge in [0.2, 0.25) is 5.78 Å². The van der Waals surface area contributed by atoms with Crippen LogP contribution in [0, 0.1) is 0 Å². The largest absolute Gasteiger partial charge is 0.497 e. The van der Waals surface area contributed by atoms with Crippen molar-refractivity contribution in [3.8, 4) is 11.5 Å². The van der Waals surface area contributed by atoms with Crippen molar-refractivity contribution in [2.45, 2.75) is 0 Å². The van der Waals surface area contributed by atoms with Crippen LogP contribution >= 0.6 is 0 Å². The van der Waals surface area contributed by atoms with Gasteiger partial charge in [0.15, 0.2) is 6.61 Å². The van der Waals surface area contributed by atoms with Gasteiger partial charge in [-0.2, -0.15) is 0 Å². The molecule has 0 saturated heterocycles. The fraction of sp³-hybridized carbons (Fsp3) is 0.263. The molecule has 2 rings (SSSR count). The Morgan fingerprint density at radius 1 is 0.960 bits per heavy atom. The van der Waals surface area contributed by atoms with E-state index in [4.69, 9.17) is 14.2 Å². The van der Waals surface area contributed by atoms with Crippen LogP contribution in [0.5, 0.6) is 11.5 Å². The Bertz CT molecular complexity index is 753. The molecule has 0 radical (unpaired) electrons. The highest BCUT2D eigenvalue weighted by Gasteiger charge is 2.16. The van der Waals surface area contributed by atoms with Crippen LogP contribution < -0.4 is 14.4 Å². The van der Waals surface area contributed by atoms with E-state index in [0.29, 0.717) is 22.6 Å². The van der Waals surface area contributed by atoms with E-state index in [-0.39, 0.29) is 12.4 Å². The number of carbonyl (C=O) groups is 2. The number of rotatable bonds is 7. The number of carbonyl (C=O) groups excluding carboxylic acids is 2. The summed E-state index contributed by atoms with van der Waals surface area (Å²) in [7, 11) is 6.80. The second kappa shape index (κ2) is 8.19. The van der Waals surface area contributed by atoms with Gasteiger partial charge < -0.3 is 19.1 Å². The summed E-state index contributed by atoms with van der Waals surface area (Å²) in [5, 5.41) is 0. The number of hydrogen-bond acceptors (Lipinski definition) is 6. The molecular weight excluding hydrogens is 322 g/mol. The number of ketones is 1. The van der Waals surface area contributed by atoms with Gasteiger partial charge in [0.05, 0.1) is 25.3 Å². The standard InChI is InChI=1S/C19H21NO5/c1-20(2)14-7-5-13(6-8-14)19(22)25-12-17(21)16-11-15(23-3)9-10-18(16)24-4/h5-11H,12H2,1-4H3. The van der Waals surface area contributed by atoms with E-state index in [1.165, 1.54) is 14.2 Å².